The Morgan fingerprint density at radius 2 is 1.70 bits per heavy atom. The number of hydrogen-bond donors (Lipinski definition) is 2. The first-order chi connectivity index (χ1) is 14.4. The second-order valence-electron chi connectivity index (χ2n) is 7.71. The van der Waals surface area contributed by atoms with E-state index in [2.05, 4.69) is 10.3 Å². The largest absolute Gasteiger partial charge is 0.486 e. The van der Waals surface area contributed by atoms with E-state index in [0.717, 1.165) is 25.7 Å². The van der Waals surface area contributed by atoms with Crippen LogP contribution < -0.4 is 14.8 Å². The van der Waals surface area contributed by atoms with Gasteiger partial charge in [0.05, 0.1) is 0 Å². The van der Waals surface area contributed by atoms with Gasteiger partial charge in [-0.05, 0) is 44.4 Å². The van der Waals surface area contributed by atoms with Crippen LogP contribution in [0.3, 0.4) is 0 Å². The van der Waals surface area contributed by atoms with Crippen molar-refractivity contribution in [3.05, 3.63) is 35.2 Å². The molecule has 3 heterocycles. The Morgan fingerprint density at radius 1 is 1.03 bits per heavy atom. The molecule has 1 fully saturated rings. The van der Waals surface area contributed by atoms with E-state index in [4.69, 9.17) is 9.47 Å². The standard InChI is InChI=1S/C21H27N3O5S/c1-14-19(21(25)23-16-7-8-17-18(13-16)29-12-11-28-17)22-15(2)20(14)30(26,27)24-9-5-3-4-6-10-24/h7-8,13,22H,3-6,9-12H2,1-2H3,(H,23,25). The van der Waals surface area contributed by atoms with Gasteiger partial charge in [0.1, 0.15) is 23.8 Å². The van der Waals surface area contributed by atoms with Gasteiger partial charge in [0.2, 0.25) is 10.0 Å². The number of carbonyl (C=O) groups excluding carboxylic acids is 1. The van der Waals surface area contributed by atoms with Crippen LogP contribution in [0.4, 0.5) is 5.69 Å². The minimum Gasteiger partial charge on any atom is -0.486 e. The molecule has 1 aromatic heterocycles. The number of aryl methyl sites for hydroxylation is 1. The number of H-pyrrole nitrogens is 1. The lowest BCUT2D eigenvalue weighted by Crippen LogP contribution is -2.32. The van der Waals surface area contributed by atoms with Crippen LogP contribution in [-0.2, 0) is 10.0 Å². The number of fused-ring (bicyclic) bond motifs is 1. The number of nitrogens with one attached hydrogen (secondary N) is 2. The van der Waals surface area contributed by atoms with Crippen molar-refractivity contribution >= 4 is 21.6 Å². The first kappa shape index (κ1) is 20.7. The lowest BCUT2D eigenvalue weighted by molar-refractivity contribution is 0.102. The summed E-state index contributed by atoms with van der Waals surface area (Å²) in [5.74, 6) is 0.810. The van der Waals surface area contributed by atoms with Crippen molar-refractivity contribution in [2.45, 2.75) is 44.4 Å². The maximum absolute atomic E-state index is 13.3. The molecule has 2 N–H and O–H groups in total. The van der Waals surface area contributed by atoms with Gasteiger partial charge in [-0.1, -0.05) is 12.8 Å². The first-order valence-corrected chi connectivity index (χ1v) is 11.7. The highest BCUT2D eigenvalue weighted by Gasteiger charge is 2.32. The Morgan fingerprint density at radius 3 is 2.40 bits per heavy atom. The molecule has 2 aliphatic rings. The fourth-order valence-electron chi connectivity index (χ4n) is 4.07. The molecule has 162 valence electrons. The molecule has 0 bridgehead atoms. The van der Waals surface area contributed by atoms with Crippen molar-refractivity contribution in [2.75, 3.05) is 31.6 Å². The molecule has 2 aromatic rings. The van der Waals surface area contributed by atoms with Gasteiger partial charge in [-0.2, -0.15) is 4.31 Å². The first-order valence-electron chi connectivity index (χ1n) is 10.3. The molecule has 9 heteroatoms. The molecule has 30 heavy (non-hydrogen) atoms. The Bertz CT molecular complexity index is 1050. The van der Waals surface area contributed by atoms with Gasteiger partial charge >= 0.3 is 0 Å². The molecule has 0 atom stereocenters. The quantitative estimate of drug-likeness (QED) is 0.771. The lowest BCUT2D eigenvalue weighted by atomic mass is 10.2. The summed E-state index contributed by atoms with van der Waals surface area (Å²) in [6.45, 7) is 5.35. The van der Waals surface area contributed by atoms with Crippen LogP contribution in [0.15, 0.2) is 23.1 Å². The molecule has 1 aromatic carbocycles. The lowest BCUT2D eigenvalue weighted by Gasteiger charge is -2.20. The number of rotatable bonds is 4. The number of aromatic amines is 1. The van der Waals surface area contributed by atoms with E-state index < -0.39 is 15.9 Å². The van der Waals surface area contributed by atoms with E-state index in [1.807, 2.05) is 0 Å². The Kier molecular flexibility index (Phi) is 5.75. The van der Waals surface area contributed by atoms with E-state index in [1.54, 1.807) is 36.4 Å². The highest BCUT2D eigenvalue weighted by Crippen LogP contribution is 2.33. The zero-order valence-corrected chi connectivity index (χ0v) is 18.1. The number of carbonyl (C=O) groups is 1. The zero-order valence-electron chi connectivity index (χ0n) is 17.3. The molecule has 0 radical (unpaired) electrons. The van der Waals surface area contributed by atoms with Crippen LogP contribution in [0.25, 0.3) is 0 Å². The van der Waals surface area contributed by atoms with E-state index in [0.29, 0.717) is 54.7 Å². The Balaban J connectivity index is 1.59. The molecular weight excluding hydrogens is 406 g/mol. The number of nitrogens with zero attached hydrogens (tertiary/aromatic N) is 1. The topological polar surface area (TPSA) is 101 Å². The van der Waals surface area contributed by atoms with E-state index >= 15 is 0 Å². The van der Waals surface area contributed by atoms with Crippen molar-refractivity contribution in [3.63, 3.8) is 0 Å². The average Bonchev–Trinajstić information content (AvgIpc) is 2.90. The number of hydrogen-bond acceptors (Lipinski definition) is 5. The number of sulfonamides is 1. The monoisotopic (exact) mass is 433 g/mol. The van der Waals surface area contributed by atoms with Gasteiger partial charge in [-0.3, -0.25) is 4.79 Å². The van der Waals surface area contributed by atoms with Gasteiger partial charge in [-0.15, -0.1) is 0 Å². The number of aromatic nitrogens is 1. The van der Waals surface area contributed by atoms with E-state index in [-0.39, 0.29) is 10.6 Å². The Hall–Kier alpha value is -2.52. The maximum Gasteiger partial charge on any atom is 0.272 e. The molecule has 4 rings (SSSR count). The summed E-state index contributed by atoms with van der Waals surface area (Å²) < 4.78 is 39.2. The molecule has 0 unspecified atom stereocenters. The van der Waals surface area contributed by atoms with Gasteiger partial charge in [-0.25, -0.2) is 8.42 Å². The van der Waals surface area contributed by atoms with Gasteiger partial charge < -0.3 is 19.8 Å². The molecule has 0 aliphatic carbocycles. The molecular formula is C21H27N3O5S. The molecule has 8 nitrogen and oxygen atoms in total. The van der Waals surface area contributed by atoms with Crippen LogP contribution in [-0.4, -0.2) is 49.9 Å². The highest BCUT2D eigenvalue weighted by atomic mass is 32.2. The van der Waals surface area contributed by atoms with Crippen LogP contribution in [0, 0.1) is 13.8 Å². The summed E-state index contributed by atoms with van der Waals surface area (Å²) in [6, 6.07) is 5.17. The fraction of sp³-hybridized carbons (Fsp3) is 0.476. The van der Waals surface area contributed by atoms with Crippen LogP contribution in [0.1, 0.15) is 47.4 Å². The second-order valence-corrected chi connectivity index (χ2v) is 9.58. The molecule has 1 amide bonds. The average molecular weight is 434 g/mol. The summed E-state index contributed by atoms with van der Waals surface area (Å²) in [7, 11) is -3.66. The van der Waals surface area contributed by atoms with Gasteiger partial charge in [0.25, 0.3) is 5.91 Å². The van der Waals surface area contributed by atoms with Gasteiger partial charge in [0, 0.05) is 30.5 Å². The van der Waals surface area contributed by atoms with Crippen molar-refractivity contribution in [1.29, 1.82) is 0 Å². The van der Waals surface area contributed by atoms with Crippen molar-refractivity contribution < 1.29 is 22.7 Å². The Labute approximate surface area is 176 Å². The van der Waals surface area contributed by atoms with Crippen molar-refractivity contribution in [3.8, 4) is 11.5 Å². The highest BCUT2D eigenvalue weighted by molar-refractivity contribution is 7.89. The number of ether oxygens (including phenoxy) is 2. The van der Waals surface area contributed by atoms with Gasteiger partial charge in [0.15, 0.2) is 11.5 Å². The van der Waals surface area contributed by atoms with Crippen molar-refractivity contribution in [2.24, 2.45) is 0 Å². The van der Waals surface area contributed by atoms with E-state index in [9.17, 15) is 13.2 Å². The van der Waals surface area contributed by atoms with Crippen LogP contribution in [0.5, 0.6) is 11.5 Å². The summed E-state index contributed by atoms with van der Waals surface area (Å²) >= 11 is 0. The number of benzene rings is 1. The summed E-state index contributed by atoms with van der Waals surface area (Å²) in [6.07, 6.45) is 3.80. The zero-order chi connectivity index (χ0) is 21.3. The molecule has 0 saturated carbocycles. The third-order valence-electron chi connectivity index (χ3n) is 5.56. The van der Waals surface area contributed by atoms with Crippen LogP contribution in [0.2, 0.25) is 0 Å². The third-order valence-corrected chi connectivity index (χ3v) is 7.73. The molecule has 1 saturated heterocycles. The summed E-state index contributed by atoms with van der Waals surface area (Å²) in [5.41, 5.74) is 1.71. The van der Waals surface area contributed by atoms with E-state index in [1.165, 1.54) is 0 Å². The summed E-state index contributed by atoms with van der Waals surface area (Å²) in [4.78, 5) is 16.1. The second kappa shape index (κ2) is 8.31. The normalized spacial score (nSPS) is 17.4. The predicted octanol–water partition coefficient (Wildman–Crippen LogP) is 3.22. The molecule has 2 aliphatic heterocycles. The predicted molar refractivity (Wildman–Crippen MR) is 113 cm³/mol. The minimum atomic E-state index is -3.66. The van der Waals surface area contributed by atoms with Crippen molar-refractivity contribution in [1.82, 2.24) is 9.29 Å². The van der Waals surface area contributed by atoms with Crippen LogP contribution >= 0.6 is 0 Å². The third kappa shape index (κ3) is 3.91. The number of amides is 1. The smallest absolute Gasteiger partial charge is 0.272 e. The number of anilines is 1. The summed E-state index contributed by atoms with van der Waals surface area (Å²) in [5, 5.41) is 2.82. The SMILES string of the molecule is Cc1[nH]c(C(=O)Nc2ccc3c(c2)OCCO3)c(C)c1S(=O)(=O)N1CCCCCC1. The minimum absolute atomic E-state index is 0.205. The molecule has 0 spiro atoms. The maximum atomic E-state index is 13.3. The fourth-order valence-corrected chi connectivity index (χ4v) is 6.00.